The van der Waals surface area contributed by atoms with E-state index in [1.54, 1.807) is 0 Å². The maximum Gasteiger partial charge on any atom is 0.0823 e. The largest absolute Gasteiger partial charge is 0.246 e. The van der Waals surface area contributed by atoms with Crippen LogP contribution in [0.1, 0.15) is 22.3 Å². The van der Waals surface area contributed by atoms with Gasteiger partial charge in [0, 0.05) is 22.3 Å². The molecule has 0 spiro atoms. The summed E-state index contributed by atoms with van der Waals surface area (Å²) in [7, 11) is 0. The van der Waals surface area contributed by atoms with Crippen molar-refractivity contribution in [1.29, 1.82) is 0 Å². The minimum absolute atomic E-state index is 0.629. The van der Waals surface area contributed by atoms with Crippen LogP contribution in [0.15, 0.2) is 151 Å². The molecule has 0 bridgehead atoms. The van der Waals surface area contributed by atoms with Crippen LogP contribution in [-0.4, -0.2) is 5.71 Å². The molecule has 0 amide bonds. The summed E-state index contributed by atoms with van der Waals surface area (Å²) in [5, 5.41) is 0.629. The first-order chi connectivity index (χ1) is 18.3. The first-order valence-electron chi connectivity index (χ1n) is 12.4. The van der Waals surface area contributed by atoms with Crippen molar-refractivity contribution in [2.75, 3.05) is 0 Å². The van der Waals surface area contributed by atoms with E-state index in [-0.39, 0.29) is 0 Å². The molecule has 5 aromatic rings. The summed E-state index contributed by atoms with van der Waals surface area (Å²) < 4.78 is 0. The lowest BCUT2D eigenvalue weighted by atomic mass is 9.89. The number of aliphatic imine (C=N–C) groups is 1. The van der Waals surface area contributed by atoms with Gasteiger partial charge >= 0.3 is 0 Å². The van der Waals surface area contributed by atoms with Crippen molar-refractivity contribution in [3.63, 3.8) is 0 Å². The van der Waals surface area contributed by atoms with E-state index < -0.39 is 0 Å². The topological polar surface area (TPSA) is 12.4 Å². The molecular weight excluding hydrogens is 470 g/mol. The van der Waals surface area contributed by atoms with Crippen molar-refractivity contribution < 1.29 is 0 Å². The Morgan fingerprint density at radius 2 is 0.676 bits per heavy atom. The molecule has 0 radical (unpaired) electrons. The molecule has 176 valence electrons. The minimum atomic E-state index is 0.629. The van der Waals surface area contributed by atoms with Crippen LogP contribution in [-0.2, 0) is 0 Å². The van der Waals surface area contributed by atoms with Crippen molar-refractivity contribution in [1.82, 2.24) is 0 Å². The van der Waals surface area contributed by atoms with Gasteiger partial charge in [0.25, 0.3) is 0 Å². The Bertz CT molecular complexity index is 1530. The Kier molecular flexibility index (Phi) is 6.37. The number of hydrogen-bond acceptors (Lipinski definition) is 1. The predicted octanol–water partition coefficient (Wildman–Crippen LogP) is 9.65. The molecule has 0 saturated heterocycles. The average Bonchev–Trinajstić information content (AvgIpc) is 3.31. The van der Waals surface area contributed by atoms with Crippen LogP contribution >= 0.6 is 11.6 Å². The van der Waals surface area contributed by atoms with Crippen LogP contribution in [0.5, 0.6) is 0 Å². The zero-order valence-corrected chi connectivity index (χ0v) is 20.9. The van der Waals surface area contributed by atoms with Gasteiger partial charge in [0.05, 0.1) is 16.4 Å². The first kappa shape index (κ1) is 23.0. The van der Waals surface area contributed by atoms with Gasteiger partial charge in [-0.15, -0.1) is 0 Å². The zero-order chi connectivity index (χ0) is 25.0. The number of para-hydroxylation sites is 1. The van der Waals surface area contributed by atoms with Crippen LogP contribution in [0.4, 0.5) is 5.69 Å². The number of allylic oxidation sites excluding steroid dienone is 4. The van der Waals surface area contributed by atoms with E-state index >= 15 is 0 Å². The highest BCUT2D eigenvalue weighted by molar-refractivity contribution is 6.61. The highest BCUT2D eigenvalue weighted by atomic mass is 35.5. The second kappa shape index (κ2) is 10.3. The molecule has 0 heterocycles. The number of hydrogen-bond donors (Lipinski definition) is 0. The molecule has 6 rings (SSSR count). The fourth-order valence-electron chi connectivity index (χ4n) is 4.95. The summed E-state index contributed by atoms with van der Waals surface area (Å²) in [6.45, 7) is 0. The first-order valence-corrected chi connectivity index (χ1v) is 12.7. The lowest BCUT2D eigenvalue weighted by molar-refractivity contribution is 1.52. The summed E-state index contributed by atoms with van der Waals surface area (Å²) in [5.74, 6) is 0. The molecule has 0 fully saturated rings. The Hall–Kier alpha value is -4.46. The predicted molar refractivity (Wildman–Crippen MR) is 158 cm³/mol. The van der Waals surface area contributed by atoms with Crippen molar-refractivity contribution in [2.24, 2.45) is 4.99 Å². The smallest absolute Gasteiger partial charge is 0.0823 e. The molecule has 0 saturated carbocycles. The van der Waals surface area contributed by atoms with E-state index in [4.69, 9.17) is 16.6 Å². The van der Waals surface area contributed by atoms with E-state index in [0.29, 0.717) is 5.02 Å². The van der Waals surface area contributed by atoms with E-state index in [1.807, 2.05) is 24.3 Å². The number of nitrogens with zero attached hydrogens (tertiary/aromatic N) is 1. The third-order valence-corrected chi connectivity index (χ3v) is 6.88. The monoisotopic (exact) mass is 493 g/mol. The van der Waals surface area contributed by atoms with E-state index in [9.17, 15) is 0 Å². The van der Waals surface area contributed by atoms with Crippen molar-refractivity contribution >= 4 is 45.3 Å². The van der Waals surface area contributed by atoms with Gasteiger partial charge in [-0.2, -0.15) is 0 Å². The molecule has 0 atom stereocenters. The molecular formula is C35H24ClN. The van der Waals surface area contributed by atoms with Gasteiger partial charge in [-0.25, -0.2) is 4.99 Å². The molecule has 1 aliphatic rings. The zero-order valence-electron chi connectivity index (χ0n) is 20.2. The van der Waals surface area contributed by atoms with Crippen molar-refractivity contribution in [3.8, 4) is 0 Å². The summed E-state index contributed by atoms with van der Waals surface area (Å²) in [6.07, 6.45) is 0. The van der Waals surface area contributed by atoms with Crippen LogP contribution in [0.3, 0.4) is 0 Å². The average molecular weight is 494 g/mol. The van der Waals surface area contributed by atoms with Gasteiger partial charge in [-0.05, 0) is 34.4 Å². The van der Waals surface area contributed by atoms with Gasteiger partial charge in [-0.3, -0.25) is 0 Å². The summed E-state index contributed by atoms with van der Waals surface area (Å²) in [4.78, 5) is 5.29. The number of rotatable bonds is 5. The van der Waals surface area contributed by atoms with E-state index in [2.05, 4.69) is 121 Å². The minimum Gasteiger partial charge on any atom is -0.246 e. The normalized spacial score (nSPS) is 13.3. The molecule has 1 nitrogen and oxygen atoms in total. The van der Waals surface area contributed by atoms with Crippen LogP contribution in [0.2, 0.25) is 5.02 Å². The maximum atomic E-state index is 6.66. The Morgan fingerprint density at radius 3 is 1.05 bits per heavy atom. The van der Waals surface area contributed by atoms with E-state index in [0.717, 1.165) is 44.8 Å². The molecule has 0 unspecified atom stereocenters. The molecule has 0 aliphatic heterocycles. The second-order valence-corrected chi connectivity index (χ2v) is 9.28. The number of benzene rings is 5. The second-order valence-electron chi connectivity index (χ2n) is 8.88. The van der Waals surface area contributed by atoms with Crippen LogP contribution in [0, 0.1) is 0 Å². The Labute approximate surface area is 222 Å². The van der Waals surface area contributed by atoms with Gasteiger partial charge < -0.3 is 0 Å². The van der Waals surface area contributed by atoms with Gasteiger partial charge in [-0.1, -0.05) is 145 Å². The highest BCUT2D eigenvalue weighted by Gasteiger charge is 2.34. The fourth-order valence-corrected chi connectivity index (χ4v) is 5.12. The maximum absolute atomic E-state index is 6.66. The lowest BCUT2D eigenvalue weighted by Gasteiger charge is -2.13. The molecule has 37 heavy (non-hydrogen) atoms. The highest BCUT2D eigenvalue weighted by Crippen LogP contribution is 2.51. The third kappa shape index (κ3) is 4.46. The lowest BCUT2D eigenvalue weighted by Crippen LogP contribution is -2.03. The molecule has 1 aliphatic carbocycles. The van der Waals surface area contributed by atoms with Crippen LogP contribution < -0.4 is 0 Å². The van der Waals surface area contributed by atoms with Crippen LogP contribution in [0.25, 0.3) is 22.3 Å². The fraction of sp³-hybridized carbons (Fsp3) is 0. The Morgan fingerprint density at radius 1 is 0.351 bits per heavy atom. The van der Waals surface area contributed by atoms with Crippen molar-refractivity contribution in [3.05, 3.63) is 173 Å². The van der Waals surface area contributed by atoms with Crippen molar-refractivity contribution in [2.45, 2.75) is 0 Å². The third-order valence-electron chi connectivity index (χ3n) is 6.56. The SMILES string of the molecule is Clc1ccccc1N=C1C(c2ccccc2)=C(c2ccccc2)C(c2ccccc2)=C1c1ccccc1. The molecule has 0 aromatic heterocycles. The molecule has 5 aromatic carbocycles. The standard InChI is InChI=1S/C35H24ClN/c36-29-23-13-14-24-30(29)37-35-33(27-19-9-3-10-20-27)31(25-15-5-1-6-16-25)32(26-17-7-2-8-18-26)34(35)28-21-11-4-12-22-28/h1-24H. The summed E-state index contributed by atoms with van der Waals surface area (Å²) in [5.41, 5.74) is 10.7. The molecule has 0 N–H and O–H groups in total. The summed E-state index contributed by atoms with van der Waals surface area (Å²) in [6, 6.07) is 50.1. The van der Waals surface area contributed by atoms with Gasteiger partial charge in [0.2, 0.25) is 0 Å². The van der Waals surface area contributed by atoms with Gasteiger partial charge in [0.15, 0.2) is 0 Å². The van der Waals surface area contributed by atoms with Gasteiger partial charge in [0.1, 0.15) is 0 Å². The summed E-state index contributed by atoms with van der Waals surface area (Å²) >= 11 is 6.66. The number of halogens is 1. The molecule has 2 heteroatoms. The van der Waals surface area contributed by atoms with E-state index in [1.165, 1.54) is 11.1 Å². The quantitative estimate of drug-likeness (QED) is 0.231. The Balaban J connectivity index is 1.79.